The molecule has 4 rings (SSSR count). The molecule has 0 bridgehead atoms. The van der Waals surface area contributed by atoms with Crippen molar-refractivity contribution in [1.29, 1.82) is 0 Å². The number of amides is 2. The van der Waals surface area contributed by atoms with Crippen LogP contribution in [-0.4, -0.2) is 30.0 Å². The molecule has 3 aromatic rings. The average Bonchev–Trinajstić information content (AvgIpc) is 3.28. The lowest BCUT2D eigenvalue weighted by Crippen LogP contribution is -2.46. The zero-order chi connectivity index (χ0) is 21.5. The van der Waals surface area contributed by atoms with Crippen molar-refractivity contribution < 1.29 is 23.5 Å². The van der Waals surface area contributed by atoms with Crippen LogP contribution >= 0.6 is 11.3 Å². The van der Waals surface area contributed by atoms with Crippen LogP contribution in [-0.2, 0) is 21.6 Å². The van der Waals surface area contributed by atoms with E-state index < -0.39 is 17.2 Å². The number of carbonyl (C=O) groups excluding carboxylic acids is 2. The van der Waals surface area contributed by atoms with E-state index in [1.54, 1.807) is 24.6 Å². The van der Waals surface area contributed by atoms with E-state index in [4.69, 9.17) is 25.4 Å². The van der Waals surface area contributed by atoms with Gasteiger partial charge in [-0.25, -0.2) is 4.98 Å². The molecule has 1 aromatic carbocycles. The number of ether oxygens (including phenoxy) is 2. The number of nitrogens with two attached hydrogens (primary N) is 2. The highest BCUT2D eigenvalue weighted by molar-refractivity contribution is 7.09. The lowest BCUT2D eigenvalue weighted by atomic mass is 9.71. The van der Waals surface area contributed by atoms with E-state index in [-0.39, 0.29) is 12.2 Å². The third kappa shape index (κ3) is 3.23. The van der Waals surface area contributed by atoms with Crippen LogP contribution in [0.2, 0.25) is 0 Å². The normalized spacial score (nSPS) is 15.9. The van der Waals surface area contributed by atoms with Gasteiger partial charge in [0.05, 0.1) is 27.1 Å². The van der Waals surface area contributed by atoms with Gasteiger partial charge in [0, 0.05) is 24.2 Å². The number of rotatable bonds is 6. The predicted molar refractivity (Wildman–Crippen MR) is 112 cm³/mol. The van der Waals surface area contributed by atoms with Crippen molar-refractivity contribution in [1.82, 2.24) is 4.98 Å². The number of fused-ring (bicyclic) bond motifs is 1. The first-order valence-electron chi connectivity index (χ1n) is 9.61. The van der Waals surface area contributed by atoms with Gasteiger partial charge in [0.25, 0.3) is 5.91 Å². The summed E-state index contributed by atoms with van der Waals surface area (Å²) in [7, 11) is 0. The second-order valence-electron chi connectivity index (χ2n) is 7.42. The fourth-order valence-corrected chi connectivity index (χ4v) is 4.82. The fourth-order valence-electron chi connectivity index (χ4n) is 4.13. The minimum atomic E-state index is -1.06. The molecular weight excluding hydrogens is 406 g/mol. The van der Waals surface area contributed by atoms with E-state index in [0.717, 1.165) is 10.6 Å². The van der Waals surface area contributed by atoms with E-state index in [0.29, 0.717) is 54.1 Å². The second kappa shape index (κ2) is 7.73. The van der Waals surface area contributed by atoms with Crippen LogP contribution in [0.25, 0.3) is 11.0 Å². The molecule has 1 aliphatic heterocycles. The molecule has 3 heterocycles. The minimum absolute atomic E-state index is 0.242. The molecule has 9 heteroatoms. The van der Waals surface area contributed by atoms with Gasteiger partial charge in [-0.15, -0.1) is 11.3 Å². The number of thiazole rings is 1. The van der Waals surface area contributed by atoms with Gasteiger partial charge in [-0.2, -0.15) is 0 Å². The van der Waals surface area contributed by atoms with Gasteiger partial charge in [-0.1, -0.05) is 0 Å². The van der Waals surface area contributed by atoms with Crippen molar-refractivity contribution in [2.45, 2.75) is 38.7 Å². The first kappa shape index (κ1) is 20.4. The maximum atomic E-state index is 12.8. The van der Waals surface area contributed by atoms with Gasteiger partial charge in [-0.05, 0) is 38.8 Å². The van der Waals surface area contributed by atoms with Crippen molar-refractivity contribution >= 4 is 34.1 Å². The van der Waals surface area contributed by atoms with E-state index in [1.807, 2.05) is 6.92 Å². The van der Waals surface area contributed by atoms with Gasteiger partial charge < -0.3 is 25.4 Å². The van der Waals surface area contributed by atoms with Crippen LogP contribution < -0.4 is 16.2 Å². The van der Waals surface area contributed by atoms with Crippen molar-refractivity contribution in [3.8, 4) is 5.75 Å². The highest BCUT2D eigenvalue weighted by atomic mass is 32.1. The largest absolute Gasteiger partial charge is 0.488 e. The van der Waals surface area contributed by atoms with Gasteiger partial charge in [0.15, 0.2) is 0 Å². The van der Waals surface area contributed by atoms with Crippen LogP contribution in [0.4, 0.5) is 0 Å². The van der Waals surface area contributed by atoms with E-state index in [1.165, 1.54) is 11.3 Å². The lowest BCUT2D eigenvalue weighted by Gasteiger charge is -2.36. The summed E-state index contributed by atoms with van der Waals surface area (Å²) >= 11 is 1.49. The zero-order valence-electron chi connectivity index (χ0n) is 16.8. The maximum Gasteiger partial charge on any atom is 0.252 e. The third-order valence-corrected chi connectivity index (χ3v) is 6.65. The number of hydrogen-bond acceptors (Lipinski definition) is 7. The Bertz CT molecular complexity index is 1130. The van der Waals surface area contributed by atoms with Crippen molar-refractivity contribution in [3.63, 3.8) is 0 Å². The Balaban J connectivity index is 1.96. The number of aromatic nitrogens is 1. The average molecular weight is 429 g/mol. The molecule has 1 fully saturated rings. The lowest BCUT2D eigenvalue weighted by molar-refractivity contribution is -0.127. The molecule has 0 atom stereocenters. The Labute approximate surface area is 177 Å². The van der Waals surface area contributed by atoms with E-state index >= 15 is 0 Å². The predicted octanol–water partition coefficient (Wildman–Crippen LogP) is 2.72. The first-order valence-corrected chi connectivity index (χ1v) is 10.5. The SMILES string of the molecule is Cc1ncsc1COc1ccc2oc(C)c(C(N)=O)c2c1C1(C(N)=O)CCOCC1. The molecule has 2 amide bonds. The quantitative estimate of drug-likeness (QED) is 0.619. The smallest absolute Gasteiger partial charge is 0.252 e. The zero-order valence-corrected chi connectivity index (χ0v) is 17.6. The Morgan fingerprint density at radius 3 is 2.57 bits per heavy atom. The fraction of sp³-hybridized carbons (Fsp3) is 0.381. The van der Waals surface area contributed by atoms with Gasteiger partial charge in [0.1, 0.15) is 23.7 Å². The molecule has 0 saturated carbocycles. The third-order valence-electron chi connectivity index (χ3n) is 5.74. The van der Waals surface area contributed by atoms with Crippen LogP contribution in [0.3, 0.4) is 0 Å². The molecule has 0 spiro atoms. The summed E-state index contributed by atoms with van der Waals surface area (Å²) < 4.78 is 17.5. The summed E-state index contributed by atoms with van der Waals surface area (Å²) in [5, 5.41) is 0.485. The van der Waals surface area contributed by atoms with Gasteiger partial charge >= 0.3 is 0 Å². The highest BCUT2D eigenvalue weighted by Gasteiger charge is 2.45. The summed E-state index contributed by atoms with van der Waals surface area (Å²) in [6.45, 7) is 4.60. The van der Waals surface area contributed by atoms with Crippen molar-refractivity contribution in [2.24, 2.45) is 11.5 Å². The summed E-state index contributed by atoms with van der Waals surface area (Å²) in [5.41, 5.74) is 14.4. The van der Waals surface area contributed by atoms with Crippen LogP contribution in [0.15, 0.2) is 22.1 Å². The number of nitrogens with zero attached hydrogens (tertiary/aromatic N) is 1. The molecule has 0 unspecified atom stereocenters. The molecule has 158 valence electrons. The van der Waals surface area contributed by atoms with Crippen molar-refractivity contribution in [3.05, 3.63) is 45.1 Å². The minimum Gasteiger partial charge on any atom is -0.488 e. The van der Waals surface area contributed by atoms with Crippen LogP contribution in [0.1, 0.15) is 45.1 Å². The highest BCUT2D eigenvalue weighted by Crippen LogP contribution is 2.46. The Morgan fingerprint density at radius 2 is 1.97 bits per heavy atom. The number of furan rings is 1. The summed E-state index contributed by atoms with van der Waals surface area (Å²) in [6.07, 6.45) is 0.750. The first-order chi connectivity index (χ1) is 14.3. The van der Waals surface area contributed by atoms with Gasteiger partial charge in [0.2, 0.25) is 5.91 Å². The molecule has 8 nitrogen and oxygen atoms in total. The summed E-state index contributed by atoms with van der Waals surface area (Å²) in [4.78, 5) is 30.3. The molecule has 2 aromatic heterocycles. The Kier molecular flexibility index (Phi) is 5.25. The molecule has 0 radical (unpaired) electrons. The molecular formula is C21H23N3O5S. The monoisotopic (exact) mass is 429 g/mol. The Hall–Kier alpha value is -2.91. The molecule has 30 heavy (non-hydrogen) atoms. The maximum absolute atomic E-state index is 12.8. The van der Waals surface area contributed by atoms with Crippen LogP contribution in [0.5, 0.6) is 5.75 Å². The number of primary amides is 2. The number of aryl methyl sites for hydroxylation is 2. The topological polar surface area (TPSA) is 131 Å². The standard InChI is InChI=1S/C21H23N3O5S/c1-11-15(30-10-24-11)9-28-14-4-3-13-17(16(19(22)25)12(2)29-13)18(14)21(20(23)26)5-7-27-8-6-21/h3-4,10H,5-9H2,1-2H3,(H2,22,25)(H2,23,26). The number of benzene rings is 1. The second-order valence-corrected chi connectivity index (χ2v) is 8.36. The summed E-state index contributed by atoms with van der Waals surface area (Å²) in [5.74, 6) is -0.263. The van der Waals surface area contributed by atoms with Gasteiger partial charge in [-0.3, -0.25) is 9.59 Å². The van der Waals surface area contributed by atoms with Crippen molar-refractivity contribution in [2.75, 3.05) is 13.2 Å². The van der Waals surface area contributed by atoms with E-state index in [2.05, 4.69) is 4.98 Å². The summed E-state index contributed by atoms with van der Waals surface area (Å²) in [6, 6.07) is 3.48. The molecule has 1 aliphatic rings. The van der Waals surface area contributed by atoms with Crippen LogP contribution in [0, 0.1) is 13.8 Å². The number of carbonyl (C=O) groups is 2. The van der Waals surface area contributed by atoms with E-state index in [9.17, 15) is 9.59 Å². The Morgan fingerprint density at radius 1 is 1.23 bits per heavy atom. The molecule has 1 saturated heterocycles. The molecule has 4 N–H and O–H groups in total. The molecule has 0 aliphatic carbocycles. The number of hydrogen-bond donors (Lipinski definition) is 2.